The first-order valence-electron chi connectivity index (χ1n) is 7.63. The van der Waals surface area contributed by atoms with E-state index in [-0.39, 0.29) is 0 Å². The lowest BCUT2D eigenvalue weighted by Crippen LogP contribution is -2.25. The normalized spacial score (nSPS) is 14.8. The van der Waals surface area contributed by atoms with Crippen molar-refractivity contribution >= 4 is 34.4 Å². The molecule has 0 bridgehead atoms. The Labute approximate surface area is 134 Å². The van der Waals surface area contributed by atoms with Crippen LogP contribution in [0.5, 0.6) is 0 Å². The maximum atomic E-state index is 11.6. The van der Waals surface area contributed by atoms with Crippen molar-refractivity contribution in [2.45, 2.75) is 24.4 Å². The third-order valence-electron chi connectivity index (χ3n) is 3.79. The average molecular weight is 316 g/mol. The van der Waals surface area contributed by atoms with E-state index >= 15 is 0 Å². The molecule has 0 atom stereocenters. The van der Waals surface area contributed by atoms with Crippen molar-refractivity contribution < 1.29 is 4.79 Å². The number of carbonyl (C=O) groups is 1. The van der Waals surface area contributed by atoms with Crippen LogP contribution in [0.1, 0.15) is 19.3 Å². The van der Waals surface area contributed by atoms with Crippen LogP contribution in [0.4, 0.5) is 5.82 Å². The van der Waals surface area contributed by atoms with Gasteiger partial charge in [0.2, 0.25) is 5.91 Å². The Morgan fingerprint density at radius 3 is 2.95 bits per heavy atom. The number of anilines is 1. The van der Waals surface area contributed by atoms with E-state index < -0.39 is 0 Å². The SMILES string of the molecule is CNc1nc(SCCCN2CCCC2=O)nc2ccccc12. The summed E-state index contributed by atoms with van der Waals surface area (Å²) in [4.78, 5) is 22.7. The van der Waals surface area contributed by atoms with E-state index in [9.17, 15) is 4.79 Å². The number of amides is 1. The average Bonchev–Trinajstić information content (AvgIpc) is 2.96. The van der Waals surface area contributed by atoms with Gasteiger partial charge in [-0.15, -0.1) is 0 Å². The van der Waals surface area contributed by atoms with E-state index in [1.54, 1.807) is 11.8 Å². The Balaban J connectivity index is 1.60. The van der Waals surface area contributed by atoms with Gasteiger partial charge in [-0.1, -0.05) is 23.9 Å². The molecule has 22 heavy (non-hydrogen) atoms. The van der Waals surface area contributed by atoms with Gasteiger partial charge in [0.15, 0.2) is 5.16 Å². The fraction of sp³-hybridized carbons (Fsp3) is 0.438. The van der Waals surface area contributed by atoms with E-state index in [0.29, 0.717) is 12.3 Å². The van der Waals surface area contributed by atoms with Crippen molar-refractivity contribution in [3.05, 3.63) is 24.3 Å². The number of likely N-dealkylation sites (tertiary alicyclic amines) is 1. The molecule has 1 N–H and O–H groups in total. The van der Waals surface area contributed by atoms with Gasteiger partial charge in [0, 0.05) is 37.7 Å². The summed E-state index contributed by atoms with van der Waals surface area (Å²) < 4.78 is 0. The maximum Gasteiger partial charge on any atom is 0.222 e. The number of nitrogens with one attached hydrogen (secondary N) is 1. The summed E-state index contributed by atoms with van der Waals surface area (Å²) in [6.07, 6.45) is 2.69. The lowest BCUT2D eigenvalue weighted by Gasteiger charge is -2.14. The van der Waals surface area contributed by atoms with Crippen LogP contribution in [0.3, 0.4) is 0 Å². The quantitative estimate of drug-likeness (QED) is 0.504. The number of hydrogen-bond acceptors (Lipinski definition) is 5. The van der Waals surface area contributed by atoms with Gasteiger partial charge in [-0.25, -0.2) is 9.97 Å². The molecule has 1 aliphatic heterocycles. The second-order valence-corrected chi connectivity index (χ2v) is 6.37. The van der Waals surface area contributed by atoms with Gasteiger partial charge in [-0.3, -0.25) is 4.79 Å². The molecular formula is C16H20N4OS. The van der Waals surface area contributed by atoms with Crippen LogP contribution < -0.4 is 5.32 Å². The summed E-state index contributed by atoms with van der Waals surface area (Å²) in [6.45, 7) is 1.76. The smallest absolute Gasteiger partial charge is 0.222 e. The zero-order valence-corrected chi connectivity index (χ0v) is 13.5. The minimum Gasteiger partial charge on any atom is -0.372 e. The zero-order valence-electron chi connectivity index (χ0n) is 12.7. The molecule has 1 aliphatic rings. The summed E-state index contributed by atoms with van der Waals surface area (Å²) in [5.41, 5.74) is 0.957. The topological polar surface area (TPSA) is 58.1 Å². The lowest BCUT2D eigenvalue weighted by atomic mass is 10.2. The van der Waals surface area contributed by atoms with Gasteiger partial charge in [-0.05, 0) is 25.0 Å². The Bertz CT molecular complexity index is 676. The molecule has 3 rings (SSSR count). The third kappa shape index (κ3) is 3.32. The van der Waals surface area contributed by atoms with E-state index in [2.05, 4.69) is 15.3 Å². The lowest BCUT2D eigenvalue weighted by molar-refractivity contribution is -0.127. The number of carbonyl (C=O) groups excluding carboxylic acids is 1. The number of nitrogens with zero attached hydrogens (tertiary/aromatic N) is 3. The fourth-order valence-corrected chi connectivity index (χ4v) is 3.44. The molecule has 0 unspecified atom stereocenters. The molecule has 0 aliphatic carbocycles. The molecule has 0 spiro atoms. The van der Waals surface area contributed by atoms with E-state index in [1.807, 2.05) is 36.2 Å². The minimum atomic E-state index is 0.296. The highest BCUT2D eigenvalue weighted by molar-refractivity contribution is 7.99. The summed E-state index contributed by atoms with van der Waals surface area (Å²) in [5.74, 6) is 2.08. The van der Waals surface area contributed by atoms with Gasteiger partial charge in [-0.2, -0.15) is 0 Å². The van der Waals surface area contributed by atoms with Crippen LogP contribution in [0.2, 0.25) is 0 Å². The largest absolute Gasteiger partial charge is 0.372 e. The van der Waals surface area contributed by atoms with Crippen molar-refractivity contribution in [2.24, 2.45) is 0 Å². The number of rotatable bonds is 6. The van der Waals surface area contributed by atoms with Crippen molar-refractivity contribution in [1.29, 1.82) is 0 Å². The van der Waals surface area contributed by atoms with E-state index in [1.165, 1.54) is 0 Å². The Hall–Kier alpha value is -1.82. The van der Waals surface area contributed by atoms with Crippen molar-refractivity contribution in [3.63, 3.8) is 0 Å². The number of para-hydroxylation sites is 1. The Kier molecular flexibility index (Phi) is 4.77. The molecule has 2 aromatic rings. The third-order valence-corrected chi connectivity index (χ3v) is 4.73. The molecule has 0 saturated carbocycles. The predicted molar refractivity (Wildman–Crippen MR) is 90.2 cm³/mol. The van der Waals surface area contributed by atoms with Crippen LogP contribution in [0, 0.1) is 0 Å². The highest BCUT2D eigenvalue weighted by Gasteiger charge is 2.19. The highest BCUT2D eigenvalue weighted by Crippen LogP contribution is 2.24. The Morgan fingerprint density at radius 2 is 2.18 bits per heavy atom. The van der Waals surface area contributed by atoms with Gasteiger partial charge in [0.1, 0.15) is 5.82 Å². The molecule has 2 heterocycles. The molecule has 1 saturated heterocycles. The number of benzene rings is 1. The van der Waals surface area contributed by atoms with Crippen LogP contribution in [0.15, 0.2) is 29.4 Å². The summed E-state index contributed by atoms with van der Waals surface area (Å²) >= 11 is 1.65. The molecular weight excluding hydrogens is 296 g/mol. The standard InChI is InChI=1S/C16H20N4OS/c1-17-15-12-6-2-3-7-13(12)18-16(19-15)22-11-5-10-20-9-4-8-14(20)21/h2-3,6-7H,4-5,8-11H2,1H3,(H,17,18,19). The van der Waals surface area contributed by atoms with Gasteiger partial charge in [0.25, 0.3) is 0 Å². The number of aromatic nitrogens is 2. The minimum absolute atomic E-state index is 0.296. The fourth-order valence-electron chi connectivity index (χ4n) is 2.67. The van der Waals surface area contributed by atoms with E-state index in [0.717, 1.165) is 53.6 Å². The van der Waals surface area contributed by atoms with E-state index in [4.69, 9.17) is 0 Å². The molecule has 6 heteroatoms. The second kappa shape index (κ2) is 6.96. The number of fused-ring (bicyclic) bond motifs is 1. The van der Waals surface area contributed by atoms with Crippen molar-refractivity contribution in [2.75, 3.05) is 31.2 Å². The molecule has 0 radical (unpaired) electrons. The molecule has 1 aromatic carbocycles. The number of thioether (sulfide) groups is 1. The molecule has 1 aromatic heterocycles. The van der Waals surface area contributed by atoms with Gasteiger partial charge >= 0.3 is 0 Å². The van der Waals surface area contributed by atoms with Crippen molar-refractivity contribution in [1.82, 2.24) is 14.9 Å². The van der Waals surface area contributed by atoms with Gasteiger partial charge < -0.3 is 10.2 Å². The monoisotopic (exact) mass is 316 g/mol. The highest BCUT2D eigenvalue weighted by atomic mass is 32.2. The predicted octanol–water partition coefficient (Wildman–Crippen LogP) is 2.78. The van der Waals surface area contributed by atoms with Crippen LogP contribution in [-0.4, -0.2) is 46.7 Å². The summed E-state index contributed by atoms with van der Waals surface area (Å²) in [7, 11) is 1.88. The van der Waals surface area contributed by atoms with Crippen LogP contribution in [-0.2, 0) is 4.79 Å². The summed E-state index contributed by atoms with van der Waals surface area (Å²) in [5, 5.41) is 4.96. The van der Waals surface area contributed by atoms with Gasteiger partial charge in [0.05, 0.1) is 5.52 Å². The second-order valence-electron chi connectivity index (χ2n) is 5.31. The first-order valence-corrected chi connectivity index (χ1v) is 8.61. The molecule has 5 nitrogen and oxygen atoms in total. The van der Waals surface area contributed by atoms with Crippen LogP contribution in [0.25, 0.3) is 10.9 Å². The Morgan fingerprint density at radius 1 is 1.32 bits per heavy atom. The maximum absolute atomic E-state index is 11.6. The molecule has 1 fully saturated rings. The van der Waals surface area contributed by atoms with Crippen LogP contribution >= 0.6 is 11.8 Å². The van der Waals surface area contributed by atoms with Crippen molar-refractivity contribution in [3.8, 4) is 0 Å². The number of hydrogen-bond donors (Lipinski definition) is 1. The summed E-state index contributed by atoms with van der Waals surface area (Å²) in [6, 6.07) is 8.01. The molecule has 1 amide bonds. The zero-order chi connectivity index (χ0) is 15.4. The first kappa shape index (κ1) is 15.1. The molecule has 116 valence electrons. The first-order chi connectivity index (χ1) is 10.8.